The van der Waals surface area contributed by atoms with Crippen LogP contribution in [-0.2, 0) is 20.8 Å². The van der Waals surface area contributed by atoms with Crippen LogP contribution < -0.4 is 5.32 Å². The summed E-state index contributed by atoms with van der Waals surface area (Å²) in [6, 6.07) is 23.3. The number of likely N-dealkylation sites (tertiary alicyclic amines) is 1. The Morgan fingerprint density at radius 1 is 1.05 bits per heavy atom. The normalized spacial score (nSPS) is 22.8. The highest BCUT2D eigenvalue weighted by Gasteiger charge is 2.35. The van der Waals surface area contributed by atoms with Crippen LogP contribution in [0.4, 0.5) is 5.69 Å². The SMILES string of the molecule is COCC1CCCN1CC1CC(c2ccc(CO)cc2)OC(c2cccc(NC(=O)c3cnc4ccccc4n3)c2)O1. The van der Waals surface area contributed by atoms with Crippen molar-refractivity contribution >= 4 is 22.6 Å². The van der Waals surface area contributed by atoms with Crippen LogP contribution in [0.15, 0.2) is 79.0 Å². The molecule has 4 unspecified atom stereocenters. The summed E-state index contributed by atoms with van der Waals surface area (Å²) in [6.45, 7) is 2.52. The van der Waals surface area contributed by atoms with Gasteiger partial charge < -0.3 is 24.6 Å². The Morgan fingerprint density at radius 2 is 1.88 bits per heavy atom. The van der Waals surface area contributed by atoms with Gasteiger partial charge >= 0.3 is 0 Å². The van der Waals surface area contributed by atoms with Gasteiger partial charge in [0.2, 0.25) is 0 Å². The van der Waals surface area contributed by atoms with Gasteiger partial charge in [0.05, 0.1) is 42.7 Å². The van der Waals surface area contributed by atoms with Gasteiger partial charge in [-0.3, -0.25) is 14.7 Å². The van der Waals surface area contributed by atoms with Crippen LogP contribution in [0, 0.1) is 0 Å². The Labute approximate surface area is 245 Å². The van der Waals surface area contributed by atoms with E-state index < -0.39 is 6.29 Å². The molecule has 0 saturated carbocycles. The first-order chi connectivity index (χ1) is 20.6. The van der Waals surface area contributed by atoms with Crippen LogP contribution in [-0.4, -0.2) is 64.8 Å². The number of carbonyl (C=O) groups is 1. The maximum absolute atomic E-state index is 13.1. The van der Waals surface area contributed by atoms with E-state index in [1.54, 1.807) is 7.11 Å². The second-order valence-electron chi connectivity index (χ2n) is 10.9. The lowest BCUT2D eigenvalue weighted by Crippen LogP contribution is -2.42. The van der Waals surface area contributed by atoms with Gasteiger partial charge in [-0.15, -0.1) is 0 Å². The molecule has 0 radical (unpaired) electrons. The van der Waals surface area contributed by atoms with E-state index in [1.165, 1.54) is 6.20 Å². The molecule has 42 heavy (non-hydrogen) atoms. The van der Waals surface area contributed by atoms with Crippen molar-refractivity contribution < 1.29 is 24.1 Å². The Balaban J connectivity index is 1.21. The first-order valence-electron chi connectivity index (χ1n) is 14.5. The van der Waals surface area contributed by atoms with E-state index in [0.717, 1.165) is 48.1 Å². The zero-order valence-electron chi connectivity index (χ0n) is 23.7. The number of fused-ring (bicyclic) bond motifs is 1. The number of aliphatic hydroxyl groups excluding tert-OH is 1. The Hall–Kier alpha value is -3.73. The lowest BCUT2D eigenvalue weighted by Gasteiger charge is -2.39. The summed E-state index contributed by atoms with van der Waals surface area (Å²) in [7, 11) is 1.75. The lowest BCUT2D eigenvalue weighted by molar-refractivity contribution is -0.253. The minimum atomic E-state index is -0.618. The molecule has 2 saturated heterocycles. The number of aliphatic hydroxyl groups is 1. The second kappa shape index (κ2) is 13.1. The standard InChI is InChI=1S/C33H36N4O5/c1-40-21-26-8-5-15-37(26)19-27-17-31(23-13-11-22(20-38)12-14-23)42-33(41-27)24-6-4-7-25(16-24)35-32(39)30-18-34-28-9-2-3-10-29(28)36-30/h2-4,6-7,9-14,16,18,26-27,31,33,38H,5,8,15,17,19-21H2,1H3,(H,35,39). The molecule has 218 valence electrons. The summed E-state index contributed by atoms with van der Waals surface area (Å²) >= 11 is 0. The molecule has 0 spiro atoms. The number of hydrogen-bond acceptors (Lipinski definition) is 8. The maximum atomic E-state index is 13.1. The van der Waals surface area contributed by atoms with Crippen LogP contribution in [0.2, 0.25) is 0 Å². The second-order valence-corrected chi connectivity index (χ2v) is 10.9. The quantitative estimate of drug-likeness (QED) is 0.290. The Bertz CT molecular complexity index is 1510. The van der Waals surface area contributed by atoms with Crippen molar-refractivity contribution in [2.24, 2.45) is 0 Å². The summed E-state index contributed by atoms with van der Waals surface area (Å²) in [4.78, 5) is 24.3. The third kappa shape index (κ3) is 6.51. The number of ether oxygens (including phenoxy) is 3. The van der Waals surface area contributed by atoms with Crippen LogP contribution in [0.25, 0.3) is 11.0 Å². The number of nitrogens with one attached hydrogen (secondary N) is 1. The molecule has 3 aromatic carbocycles. The molecule has 2 aliphatic heterocycles. The van der Waals surface area contributed by atoms with E-state index >= 15 is 0 Å². The molecule has 0 bridgehead atoms. The van der Waals surface area contributed by atoms with Gasteiger partial charge in [-0.05, 0) is 54.8 Å². The van der Waals surface area contributed by atoms with Gasteiger partial charge in [0.25, 0.3) is 5.91 Å². The molecule has 9 nitrogen and oxygen atoms in total. The van der Waals surface area contributed by atoms with Gasteiger partial charge in [-0.1, -0.05) is 48.5 Å². The number of carbonyl (C=O) groups excluding carboxylic acids is 1. The molecule has 1 amide bonds. The number of hydrogen-bond donors (Lipinski definition) is 2. The summed E-state index contributed by atoms with van der Waals surface area (Å²) in [5, 5.41) is 12.5. The van der Waals surface area contributed by atoms with Crippen molar-refractivity contribution in [3.8, 4) is 0 Å². The van der Waals surface area contributed by atoms with Gasteiger partial charge in [0, 0.05) is 37.4 Å². The minimum absolute atomic E-state index is 0.000681. The zero-order valence-corrected chi connectivity index (χ0v) is 23.7. The number of benzene rings is 3. The first-order valence-corrected chi connectivity index (χ1v) is 14.5. The van der Waals surface area contributed by atoms with Crippen LogP contribution >= 0.6 is 0 Å². The van der Waals surface area contributed by atoms with E-state index in [2.05, 4.69) is 20.2 Å². The van der Waals surface area contributed by atoms with Crippen LogP contribution in [0.1, 0.15) is 58.8 Å². The number of amides is 1. The van der Waals surface area contributed by atoms with Gasteiger partial charge in [0.15, 0.2) is 6.29 Å². The molecule has 4 aromatic rings. The van der Waals surface area contributed by atoms with Gasteiger partial charge in [0.1, 0.15) is 5.69 Å². The molecule has 9 heteroatoms. The van der Waals surface area contributed by atoms with Crippen molar-refractivity contribution in [3.63, 3.8) is 0 Å². The lowest BCUT2D eigenvalue weighted by atomic mass is 9.99. The highest BCUT2D eigenvalue weighted by atomic mass is 16.7. The molecule has 3 heterocycles. The van der Waals surface area contributed by atoms with Crippen LogP contribution in [0.5, 0.6) is 0 Å². The van der Waals surface area contributed by atoms with E-state index in [-0.39, 0.29) is 30.4 Å². The molecule has 2 aliphatic rings. The van der Waals surface area contributed by atoms with Crippen molar-refractivity contribution in [1.29, 1.82) is 0 Å². The average molecular weight is 569 g/mol. The number of nitrogens with zero attached hydrogens (tertiary/aromatic N) is 3. The average Bonchev–Trinajstić information content (AvgIpc) is 3.47. The summed E-state index contributed by atoms with van der Waals surface area (Å²) in [5.41, 5.74) is 4.97. The summed E-state index contributed by atoms with van der Waals surface area (Å²) in [6.07, 6.45) is 3.60. The molecule has 2 fully saturated rings. The summed E-state index contributed by atoms with van der Waals surface area (Å²) < 4.78 is 18.6. The number of para-hydroxylation sites is 2. The van der Waals surface area contributed by atoms with Crippen molar-refractivity contribution in [1.82, 2.24) is 14.9 Å². The molecule has 1 aromatic heterocycles. The number of methoxy groups -OCH3 is 1. The number of anilines is 1. The molecule has 6 rings (SSSR count). The third-order valence-electron chi connectivity index (χ3n) is 8.01. The number of aromatic nitrogens is 2. The first kappa shape index (κ1) is 28.4. The monoisotopic (exact) mass is 568 g/mol. The van der Waals surface area contributed by atoms with Gasteiger partial charge in [-0.25, -0.2) is 4.98 Å². The van der Waals surface area contributed by atoms with Crippen molar-refractivity contribution in [2.45, 2.75) is 50.4 Å². The van der Waals surface area contributed by atoms with E-state index in [4.69, 9.17) is 14.2 Å². The fourth-order valence-electron chi connectivity index (χ4n) is 5.84. The number of rotatable bonds is 9. The zero-order chi connectivity index (χ0) is 28.9. The van der Waals surface area contributed by atoms with Gasteiger partial charge in [-0.2, -0.15) is 0 Å². The largest absolute Gasteiger partial charge is 0.392 e. The topological polar surface area (TPSA) is 106 Å². The van der Waals surface area contributed by atoms with Crippen molar-refractivity contribution in [3.05, 3.63) is 101 Å². The molecular formula is C33H36N4O5. The highest BCUT2D eigenvalue weighted by Crippen LogP contribution is 2.39. The Morgan fingerprint density at radius 3 is 2.69 bits per heavy atom. The Kier molecular flexibility index (Phi) is 8.83. The minimum Gasteiger partial charge on any atom is -0.392 e. The maximum Gasteiger partial charge on any atom is 0.275 e. The third-order valence-corrected chi connectivity index (χ3v) is 8.01. The molecule has 4 atom stereocenters. The fourth-order valence-corrected chi connectivity index (χ4v) is 5.84. The van der Waals surface area contributed by atoms with Crippen molar-refractivity contribution in [2.75, 3.05) is 32.1 Å². The fraction of sp³-hybridized carbons (Fsp3) is 0.364. The molecule has 0 aliphatic carbocycles. The smallest absolute Gasteiger partial charge is 0.275 e. The van der Waals surface area contributed by atoms with E-state index in [0.29, 0.717) is 30.3 Å². The summed E-state index contributed by atoms with van der Waals surface area (Å²) in [5.74, 6) is -0.339. The highest BCUT2D eigenvalue weighted by molar-refractivity contribution is 6.03. The molecule has 2 N–H and O–H groups in total. The van der Waals surface area contributed by atoms with E-state index in [1.807, 2.05) is 72.8 Å². The predicted octanol–water partition coefficient (Wildman–Crippen LogP) is 5.03. The predicted molar refractivity (Wildman–Crippen MR) is 159 cm³/mol. The van der Waals surface area contributed by atoms with E-state index in [9.17, 15) is 9.90 Å². The molecular weight excluding hydrogens is 532 g/mol. The van der Waals surface area contributed by atoms with Crippen LogP contribution in [0.3, 0.4) is 0 Å².